The molecule has 0 aromatic carbocycles. The van der Waals surface area contributed by atoms with E-state index < -0.39 is 0 Å². The van der Waals surface area contributed by atoms with Gasteiger partial charge in [0.25, 0.3) is 0 Å². The predicted octanol–water partition coefficient (Wildman–Crippen LogP) is 4.23. The van der Waals surface area contributed by atoms with Crippen molar-refractivity contribution in [2.24, 2.45) is 17.3 Å². The molecule has 0 bridgehead atoms. The lowest BCUT2D eigenvalue weighted by atomic mass is 9.72. The number of hydrogen-bond acceptors (Lipinski definition) is 1. The molecular weight excluding hydrogens is 194 g/mol. The van der Waals surface area contributed by atoms with E-state index >= 15 is 0 Å². The zero-order valence-corrected chi connectivity index (χ0v) is 12.0. The Morgan fingerprint density at radius 1 is 1.25 bits per heavy atom. The van der Waals surface area contributed by atoms with E-state index in [0.29, 0.717) is 5.41 Å². The van der Waals surface area contributed by atoms with Crippen molar-refractivity contribution < 1.29 is 0 Å². The molecule has 1 N–H and O–H groups in total. The molecule has 1 heteroatoms. The summed E-state index contributed by atoms with van der Waals surface area (Å²) >= 11 is 0. The van der Waals surface area contributed by atoms with Crippen LogP contribution in [0.15, 0.2) is 0 Å². The highest BCUT2D eigenvalue weighted by atomic mass is 14.9. The molecule has 0 amide bonds. The molecule has 0 radical (unpaired) electrons. The molecule has 0 aromatic heterocycles. The maximum atomic E-state index is 3.77. The summed E-state index contributed by atoms with van der Waals surface area (Å²) in [5.41, 5.74) is 0.454. The van der Waals surface area contributed by atoms with Crippen molar-refractivity contribution in [3.05, 3.63) is 0 Å². The average molecular weight is 225 g/mol. The van der Waals surface area contributed by atoms with Crippen LogP contribution in [0.2, 0.25) is 0 Å². The Bertz CT molecular complexity index is 188. The molecule has 16 heavy (non-hydrogen) atoms. The third-order valence-electron chi connectivity index (χ3n) is 4.46. The van der Waals surface area contributed by atoms with Gasteiger partial charge in [-0.15, -0.1) is 0 Å². The molecule has 0 saturated heterocycles. The van der Waals surface area contributed by atoms with Gasteiger partial charge in [-0.2, -0.15) is 0 Å². The van der Waals surface area contributed by atoms with Crippen molar-refractivity contribution in [1.29, 1.82) is 0 Å². The SMILES string of the molecule is CCCNC(CC(C)C(C)(C)C)C1CCC1. The summed E-state index contributed by atoms with van der Waals surface area (Å²) in [5.74, 6) is 1.78. The molecule has 1 saturated carbocycles. The number of nitrogens with one attached hydrogen (secondary N) is 1. The van der Waals surface area contributed by atoms with Crippen molar-refractivity contribution in [3.8, 4) is 0 Å². The first-order valence-electron chi connectivity index (χ1n) is 7.18. The molecule has 0 heterocycles. The van der Waals surface area contributed by atoms with E-state index in [2.05, 4.69) is 39.9 Å². The van der Waals surface area contributed by atoms with E-state index in [-0.39, 0.29) is 0 Å². The Labute approximate surface area is 102 Å². The minimum atomic E-state index is 0.454. The van der Waals surface area contributed by atoms with Crippen LogP contribution in [-0.4, -0.2) is 12.6 Å². The minimum Gasteiger partial charge on any atom is -0.314 e. The van der Waals surface area contributed by atoms with Gasteiger partial charge in [-0.1, -0.05) is 41.0 Å². The Morgan fingerprint density at radius 3 is 2.25 bits per heavy atom. The third-order valence-corrected chi connectivity index (χ3v) is 4.46. The second-order valence-corrected chi connectivity index (χ2v) is 6.75. The predicted molar refractivity (Wildman–Crippen MR) is 72.7 cm³/mol. The Kier molecular flexibility index (Phi) is 5.30. The van der Waals surface area contributed by atoms with E-state index in [1.54, 1.807) is 0 Å². The second-order valence-electron chi connectivity index (χ2n) is 6.75. The number of hydrogen-bond donors (Lipinski definition) is 1. The smallest absolute Gasteiger partial charge is 0.00980 e. The van der Waals surface area contributed by atoms with Crippen LogP contribution in [0.3, 0.4) is 0 Å². The first kappa shape index (κ1) is 14.0. The van der Waals surface area contributed by atoms with Crippen LogP contribution >= 0.6 is 0 Å². The molecule has 1 rings (SSSR count). The highest BCUT2D eigenvalue weighted by Crippen LogP contribution is 2.36. The molecule has 96 valence electrons. The van der Waals surface area contributed by atoms with Crippen molar-refractivity contribution in [2.45, 2.75) is 72.8 Å². The summed E-state index contributed by atoms with van der Waals surface area (Å²) in [6.45, 7) is 13.0. The van der Waals surface area contributed by atoms with Gasteiger partial charge >= 0.3 is 0 Å². The monoisotopic (exact) mass is 225 g/mol. The fourth-order valence-electron chi connectivity index (χ4n) is 2.35. The first-order chi connectivity index (χ1) is 7.45. The van der Waals surface area contributed by atoms with E-state index in [1.807, 2.05) is 0 Å². The standard InChI is InChI=1S/C15H31N/c1-6-10-16-14(13-8-7-9-13)11-12(2)15(3,4)5/h12-14,16H,6-11H2,1-5H3. The van der Waals surface area contributed by atoms with Gasteiger partial charge in [0.15, 0.2) is 0 Å². The zero-order valence-electron chi connectivity index (χ0n) is 12.0. The van der Waals surface area contributed by atoms with Crippen LogP contribution in [-0.2, 0) is 0 Å². The lowest BCUT2D eigenvalue weighted by Gasteiger charge is -2.38. The van der Waals surface area contributed by atoms with Crippen LogP contribution in [0.5, 0.6) is 0 Å². The molecular formula is C15H31N. The van der Waals surface area contributed by atoms with Gasteiger partial charge in [-0.05, 0) is 49.5 Å². The molecule has 0 aliphatic heterocycles. The Morgan fingerprint density at radius 2 is 1.88 bits per heavy atom. The molecule has 1 aliphatic carbocycles. The fourth-order valence-corrected chi connectivity index (χ4v) is 2.35. The molecule has 0 aromatic rings. The van der Waals surface area contributed by atoms with E-state index in [0.717, 1.165) is 17.9 Å². The lowest BCUT2D eigenvalue weighted by molar-refractivity contribution is 0.158. The summed E-state index contributed by atoms with van der Waals surface area (Å²) in [5, 5.41) is 3.77. The van der Waals surface area contributed by atoms with Crippen LogP contribution in [0.25, 0.3) is 0 Å². The van der Waals surface area contributed by atoms with Crippen LogP contribution in [0.4, 0.5) is 0 Å². The normalized spacial score (nSPS) is 21.6. The average Bonchev–Trinajstić information content (AvgIpc) is 2.09. The summed E-state index contributed by atoms with van der Waals surface area (Å²) in [7, 11) is 0. The van der Waals surface area contributed by atoms with Gasteiger partial charge in [-0.3, -0.25) is 0 Å². The maximum Gasteiger partial charge on any atom is 0.00980 e. The van der Waals surface area contributed by atoms with Crippen molar-refractivity contribution in [3.63, 3.8) is 0 Å². The Balaban J connectivity index is 2.42. The van der Waals surface area contributed by atoms with Crippen molar-refractivity contribution >= 4 is 0 Å². The van der Waals surface area contributed by atoms with Crippen molar-refractivity contribution in [1.82, 2.24) is 5.32 Å². The van der Waals surface area contributed by atoms with E-state index in [4.69, 9.17) is 0 Å². The summed E-state index contributed by atoms with van der Waals surface area (Å²) in [6, 6.07) is 0.780. The van der Waals surface area contributed by atoms with E-state index in [1.165, 1.54) is 38.6 Å². The molecule has 0 spiro atoms. The topological polar surface area (TPSA) is 12.0 Å². The van der Waals surface area contributed by atoms with Gasteiger partial charge < -0.3 is 5.32 Å². The second kappa shape index (κ2) is 6.05. The van der Waals surface area contributed by atoms with Crippen LogP contribution in [0, 0.1) is 17.3 Å². The van der Waals surface area contributed by atoms with Crippen molar-refractivity contribution in [2.75, 3.05) is 6.54 Å². The largest absolute Gasteiger partial charge is 0.314 e. The summed E-state index contributed by atoms with van der Waals surface area (Å²) in [6.07, 6.45) is 6.98. The summed E-state index contributed by atoms with van der Waals surface area (Å²) in [4.78, 5) is 0. The van der Waals surface area contributed by atoms with Gasteiger partial charge in [0.05, 0.1) is 0 Å². The minimum absolute atomic E-state index is 0.454. The molecule has 2 unspecified atom stereocenters. The van der Waals surface area contributed by atoms with Gasteiger partial charge in [-0.25, -0.2) is 0 Å². The lowest BCUT2D eigenvalue weighted by Crippen LogP contribution is -2.42. The fraction of sp³-hybridized carbons (Fsp3) is 1.00. The molecule has 1 nitrogen and oxygen atoms in total. The van der Waals surface area contributed by atoms with E-state index in [9.17, 15) is 0 Å². The first-order valence-corrected chi connectivity index (χ1v) is 7.18. The van der Waals surface area contributed by atoms with Crippen LogP contribution < -0.4 is 5.32 Å². The highest BCUT2D eigenvalue weighted by Gasteiger charge is 2.30. The summed E-state index contributed by atoms with van der Waals surface area (Å²) < 4.78 is 0. The third kappa shape index (κ3) is 4.08. The van der Waals surface area contributed by atoms with Gasteiger partial charge in [0.2, 0.25) is 0 Å². The number of rotatable bonds is 6. The quantitative estimate of drug-likeness (QED) is 0.713. The zero-order chi connectivity index (χ0) is 12.2. The van der Waals surface area contributed by atoms with Crippen LogP contribution in [0.1, 0.15) is 66.7 Å². The highest BCUT2D eigenvalue weighted by molar-refractivity contribution is 4.86. The molecule has 2 atom stereocenters. The maximum absolute atomic E-state index is 3.77. The van der Waals surface area contributed by atoms with Gasteiger partial charge in [0.1, 0.15) is 0 Å². The molecule has 1 aliphatic rings. The molecule has 1 fully saturated rings. The van der Waals surface area contributed by atoms with Gasteiger partial charge in [0, 0.05) is 6.04 Å². The Hall–Kier alpha value is -0.0400.